The summed E-state index contributed by atoms with van der Waals surface area (Å²) in [4.78, 5) is 0. The van der Waals surface area contributed by atoms with Crippen LogP contribution in [0.1, 0.15) is 39.5 Å². The van der Waals surface area contributed by atoms with Crippen molar-refractivity contribution in [1.82, 2.24) is 0 Å². The first-order chi connectivity index (χ1) is 9.25. The molecular formula is C15H26O4. The fourth-order valence-corrected chi connectivity index (χ4v) is 4.24. The molecule has 3 atom stereocenters. The second-order valence-electron chi connectivity index (χ2n) is 5.99. The molecule has 0 aromatic heterocycles. The van der Waals surface area contributed by atoms with Gasteiger partial charge in [-0.15, -0.1) is 0 Å². The second-order valence-corrected chi connectivity index (χ2v) is 5.99. The summed E-state index contributed by atoms with van der Waals surface area (Å²) in [7, 11) is 1.83. The van der Waals surface area contributed by atoms with Gasteiger partial charge < -0.3 is 18.9 Å². The van der Waals surface area contributed by atoms with E-state index < -0.39 is 0 Å². The first-order valence-electron chi connectivity index (χ1n) is 7.67. The van der Waals surface area contributed by atoms with Crippen molar-refractivity contribution in [2.24, 2.45) is 5.92 Å². The molecule has 0 bridgehead atoms. The van der Waals surface area contributed by atoms with Gasteiger partial charge in [-0.2, -0.15) is 0 Å². The van der Waals surface area contributed by atoms with Crippen molar-refractivity contribution in [2.45, 2.75) is 62.9 Å². The van der Waals surface area contributed by atoms with E-state index in [0.717, 1.165) is 38.9 Å². The molecule has 110 valence electrons. The maximum Gasteiger partial charge on any atom is 0.152 e. The Morgan fingerprint density at radius 1 is 1.11 bits per heavy atom. The van der Waals surface area contributed by atoms with E-state index in [9.17, 15) is 0 Å². The van der Waals surface area contributed by atoms with Crippen LogP contribution in [-0.4, -0.2) is 50.3 Å². The van der Waals surface area contributed by atoms with Crippen LogP contribution in [0.2, 0.25) is 0 Å². The van der Waals surface area contributed by atoms with Crippen LogP contribution < -0.4 is 0 Å². The van der Waals surface area contributed by atoms with Crippen molar-refractivity contribution in [3.05, 3.63) is 0 Å². The van der Waals surface area contributed by atoms with Crippen molar-refractivity contribution in [2.75, 3.05) is 26.9 Å². The summed E-state index contributed by atoms with van der Waals surface area (Å²) in [5.41, 5.74) is -0.596. The number of methoxy groups -OCH3 is 1. The minimum absolute atomic E-state index is 0.145. The molecule has 0 aromatic rings. The Bertz CT molecular complexity index is 302. The van der Waals surface area contributed by atoms with Crippen molar-refractivity contribution < 1.29 is 18.9 Å². The molecule has 3 heterocycles. The van der Waals surface area contributed by atoms with E-state index in [1.165, 1.54) is 0 Å². The average Bonchev–Trinajstić information content (AvgIpc) is 2.28. The Labute approximate surface area is 115 Å². The summed E-state index contributed by atoms with van der Waals surface area (Å²) in [5.74, 6) is 0.500. The van der Waals surface area contributed by atoms with Crippen LogP contribution in [-0.2, 0) is 18.9 Å². The molecule has 0 amide bonds. The van der Waals surface area contributed by atoms with Gasteiger partial charge in [0.15, 0.2) is 5.60 Å². The standard InChI is InChI=1S/C15H26O4/c1-4-11(5-2)14(16-3)10-19-15(14,12-6-8-17-12)13-7-9-18-13/h11-13H,4-10H2,1-3H3. The maximum absolute atomic E-state index is 6.14. The van der Waals surface area contributed by atoms with Crippen LogP contribution in [0, 0.1) is 5.92 Å². The zero-order valence-corrected chi connectivity index (χ0v) is 12.3. The highest BCUT2D eigenvalue weighted by atomic mass is 16.7. The largest absolute Gasteiger partial charge is 0.375 e. The van der Waals surface area contributed by atoms with Crippen molar-refractivity contribution >= 4 is 0 Å². The Morgan fingerprint density at radius 3 is 1.84 bits per heavy atom. The second kappa shape index (κ2) is 4.99. The van der Waals surface area contributed by atoms with Crippen LogP contribution in [0.3, 0.4) is 0 Å². The van der Waals surface area contributed by atoms with Gasteiger partial charge in [0.2, 0.25) is 0 Å². The van der Waals surface area contributed by atoms with Gasteiger partial charge in [0.25, 0.3) is 0 Å². The van der Waals surface area contributed by atoms with Gasteiger partial charge in [0.1, 0.15) is 5.60 Å². The highest BCUT2D eigenvalue weighted by Gasteiger charge is 2.73. The summed E-state index contributed by atoms with van der Waals surface area (Å²) in [6.45, 7) is 6.83. The summed E-state index contributed by atoms with van der Waals surface area (Å²) in [6, 6.07) is 0. The molecule has 0 aromatic carbocycles. The van der Waals surface area contributed by atoms with E-state index in [-0.39, 0.29) is 23.4 Å². The number of hydrogen-bond acceptors (Lipinski definition) is 4. The molecule has 0 spiro atoms. The lowest BCUT2D eigenvalue weighted by atomic mass is 9.60. The average molecular weight is 270 g/mol. The van der Waals surface area contributed by atoms with Crippen molar-refractivity contribution in [3.8, 4) is 0 Å². The predicted molar refractivity (Wildman–Crippen MR) is 71.2 cm³/mol. The Morgan fingerprint density at radius 2 is 1.63 bits per heavy atom. The molecule has 0 N–H and O–H groups in total. The molecule has 4 nitrogen and oxygen atoms in total. The zero-order chi connectivity index (χ0) is 13.5. The van der Waals surface area contributed by atoms with E-state index in [2.05, 4.69) is 13.8 Å². The lowest BCUT2D eigenvalue weighted by Crippen LogP contribution is -2.84. The van der Waals surface area contributed by atoms with Crippen LogP contribution in [0.15, 0.2) is 0 Å². The van der Waals surface area contributed by atoms with Gasteiger partial charge in [-0.3, -0.25) is 0 Å². The SMILES string of the molecule is CCC(CC)C1(OC)COC1(C1CCO1)C1CCO1. The maximum atomic E-state index is 6.14. The van der Waals surface area contributed by atoms with Gasteiger partial charge in [0.05, 0.1) is 18.8 Å². The van der Waals surface area contributed by atoms with Crippen LogP contribution in [0.4, 0.5) is 0 Å². The summed E-state index contributed by atoms with van der Waals surface area (Å²) >= 11 is 0. The highest BCUT2D eigenvalue weighted by molar-refractivity contribution is 5.21. The quantitative estimate of drug-likeness (QED) is 0.741. The molecular weight excluding hydrogens is 244 g/mol. The van der Waals surface area contributed by atoms with E-state index in [1.807, 2.05) is 7.11 Å². The molecule has 3 aliphatic rings. The van der Waals surface area contributed by atoms with Gasteiger partial charge in [-0.05, 0) is 18.8 Å². The van der Waals surface area contributed by atoms with Gasteiger partial charge in [-0.25, -0.2) is 0 Å². The molecule has 3 aliphatic heterocycles. The van der Waals surface area contributed by atoms with E-state index in [0.29, 0.717) is 12.5 Å². The minimum Gasteiger partial charge on any atom is -0.375 e. The monoisotopic (exact) mass is 270 g/mol. The summed E-state index contributed by atoms with van der Waals surface area (Å²) < 4.78 is 23.8. The number of rotatable bonds is 6. The Kier molecular flexibility index (Phi) is 3.63. The van der Waals surface area contributed by atoms with Gasteiger partial charge >= 0.3 is 0 Å². The molecule has 0 radical (unpaired) electrons. The van der Waals surface area contributed by atoms with E-state index >= 15 is 0 Å². The van der Waals surface area contributed by atoms with Crippen molar-refractivity contribution in [3.63, 3.8) is 0 Å². The fraction of sp³-hybridized carbons (Fsp3) is 1.00. The van der Waals surface area contributed by atoms with Gasteiger partial charge in [0, 0.05) is 20.3 Å². The van der Waals surface area contributed by atoms with Crippen LogP contribution in [0.25, 0.3) is 0 Å². The smallest absolute Gasteiger partial charge is 0.152 e. The van der Waals surface area contributed by atoms with Crippen LogP contribution in [0.5, 0.6) is 0 Å². The van der Waals surface area contributed by atoms with E-state index in [1.54, 1.807) is 0 Å². The third-order valence-electron chi connectivity index (χ3n) is 5.55. The molecule has 0 aliphatic carbocycles. The minimum atomic E-state index is -0.366. The molecule has 3 saturated heterocycles. The molecule has 0 saturated carbocycles. The number of ether oxygens (including phenoxy) is 4. The predicted octanol–water partition coefficient (Wildman–Crippen LogP) is 2.15. The summed E-state index contributed by atoms with van der Waals surface area (Å²) in [5, 5.41) is 0. The first-order valence-corrected chi connectivity index (χ1v) is 7.67. The molecule has 3 rings (SSSR count). The highest BCUT2D eigenvalue weighted by Crippen LogP contribution is 2.56. The Balaban J connectivity index is 1.93. The van der Waals surface area contributed by atoms with Crippen molar-refractivity contribution in [1.29, 1.82) is 0 Å². The molecule has 4 heteroatoms. The molecule has 3 fully saturated rings. The first kappa shape index (κ1) is 13.8. The zero-order valence-electron chi connectivity index (χ0n) is 12.3. The van der Waals surface area contributed by atoms with E-state index in [4.69, 9.17) is 18.9 Å². The molecule has 3 unspecified atom stereocenters. The normalized spacial score (nSPS) is 45.5. The summed E-state index contributed by atoms with van der Waals surface area (Å²) in [6.07, 6.45) is 4.62. The number of hydrogen-bond donors (Lipinski definition) is 0. The Hall–Kier alpha value is -0.160. The third kappa shape index (κ3) is 1.60. The lowest BCUT2D eigenvalue weighted by Gasteiger charge is -2.68. The lowest BCUT2D eigenvalue weighted by molar-refractivity contribution is -0.419. The van der Waals surface area contributed by atoms with Crippen LogP contribution >= 0.6 is 0 Å². The third-order valence-corrected chi connectivity index (χ3v) is 5.55. The fourth-order valence-electron chi connectivity index (χ4n) is 4.24. The topological polar surface area (TPSA) is 36.9 Å². The molecule has 19 heavy (non-hydrogen) atoms. The van der Waals surface area contributed by atoms with Gasteiger partial charge in [-0.1, -0.05) is 26.7 Å².